The molecule has 110 valence electrons. The Bertz CT molecular complexity index is 427. The molecule has 0 radical (unpaired) electrons. The van der Waals surface area contributed by atoms with Crippen molar-refractivity contribution in [3.05, 3.63) is 29.8 Å². The molecule has 2 rings (SSSR count). The number of carbonyl (C=O) groups is 1. The average Bonchev–Trinajstić information content (AvgIpc) is 3.29. The Morgan fingerprint density at radius 2 is 2.00 bits per heavy atom. The summed E-state index contributed by atoms with van der Waals surface area (Å²) in [5, 5.41) is 3.27. The van der Waals surface area contributed by atoms with Gasteiger partial charge in [0.25, 0.3) is 5.91 Å². The molecule has 1 aromatic rings. The molecule has 1 aliphatic rings. The summed E-state index contributed by atoms with van der Waals surface area (Å²) in [6, 6.07) is 8.36. The van der Waals surface area contributed by atoms with Gasteiger partial charge in [0.2, 0.25) is 0 Å². The molecule has 0 saturated heterocycles. The summed E-state index contributed by atoms with van der Waals surface area (Å²) in [6.45, 7) is 6.83. The van der Waals surface area contributed by atoms with Gasteiger partial charge in [-0.15, -0.1) is 0 Å². The summed E-state index contributed by atoms with van der Waals surface area (Å²) in [5.74, 6) is 0.845. The number of likely N-dealkylation sites (N-methyl/N-ethyl adjacent to an activating group) is 1. The minimum absolute atomic E-state index is 0.0896. The van der Waals surface area contributed by atoms with E-state index in [2.05, 4.69) is 12.2 Å². The van der Waals surface area contributed by atoms with Crippen molar-refractivity contribution in [1.29, 1.82) is 0 Å². The Morgan fingerprint density at radius 1 is 1.30 bits per heavy atom. The van der Waals surface area contributed by atoms with E-state index in [0.717, 1.165) is 38.2 Å². The maximum Gasteiger partial charge on any atom is 0.260 e. The van der Waals surface area contributed by atoms with Crippen molar-refractivity contribution in [1.82, 2.24) is 10.2 Å². The highest BCUT2D eigenvalue weighted by Gasteiger charge is 2.31. The van der Waals surface area contributed by atoms with Crippen LogP contribution in [0.5, 0.6) is 5.75 Å². The lowest BCUT2D eigenvalue weighted by Crippen LogP contribution is -2.36. The van der Waals surface area contributed by atoms with Crippen LogP contribution in [0.3, 0.4) is 0 Å². The van der Waals surface area contributed by atoms with Gasteiger partial charge in [0.1, 0.15) is 5.75 Å². The number of ether oxygens (including phenoxy) is 1. The van der Waals surface area contributed by atoms with Crippen LogP contribution in [-0.2, 0) is 11.3 Å². The van der Waals surface area contributed by atoms with Crippen molar-refractivity contribution in [2.24, 2.45) is 0 Å². The third-order valence-electron chi connectivity index (χ3n) is 3.51. The second kappa shape index (κ2) is 7.29. The SMILES string of the molecule is CCNCc1ccc(OCC(=O)N(CC)C2CC2)cc1. The van der Waals surface area contributed by atoms with E-state index in [0.29, 0.717) is 6.04 Å². The predicted molar refractivity (Wildman–Crippen MR) is 79.7 cm³/mol. The second-order valence-corrected chi connectivity index (χ2v) is 5.12. The quantitative estimate of drug-likeness (QED) is 0.791. The molecule has 0 aromatic heterocycles. The molecule has 20 heavy (non-hydrogen) atoms. The fourth-order valence-electron chi connectivity index (χ4n) is 2.23. The Hall–Kier alpha value is -1.55. The summed E-state index contributed by atoms with van der Waals surface area (Å²) in [7, 11) is 0. The standard InChI is InChI=1S/C16H24N2O2/c1-3-17-11-13-5-9-15(10-6-13)20-12-16(19)18(4-2)14-7-8-14/h5-6,9-10,14,17H,3-4,7-8,11-12H2,1-2H3. The van der Waals surface area contributed by atoms with Crippen LogP contribution in [0, 0.1) is 0 Å². The van der Waals surface area contributed by atoms with E-state index in [1.807, 2.05) is 36.1 Å². The normalized spacial score (nSPS) is 14.1. The minimum Gasteiger partial charge on any atom is -0.484 e. The lowest BCUT2D eigenvalue weighted by Gasteiger charge is -2.20. The zero-order valence-electron chi connectivity index (χ0n) is 12.4. The van der Waals surface area contributed by atoms with Gasteiger partial charge < -0.3 is 15.0 Å². The van der Waals surface area contributed by atoms with Crippen molar-refractivity contribution in [2.45, 2.75) is 39.3 Å². The maximum absolute atomic E-state index is 12.0. The fraction of sp³-hybridized carbons (Fsp3) is 0.562. The van der Waals surface area contributed by atoms with Crippen LogP contribution in [0.15, 0.2) is 24.3 Å². The number of hydrogen-bond acceptors (Lipinski definition) is 3. The molecule has 1 aromatic carbocycles. The summed E-state index contributed by atoms with van der Waals surface area (Å²) >= 11 is 0. The fourth-order valence-corrected chi connectivity index (χ4v) is 2.23. The molecule has 1 saturated carbocycles. The molecule has 4 nitrogen and oxygen atoms in total. The first kappa shape index (κ1) is 14.9. The molecule has 0 unspecified atom stereocenters. The number of carbonyl (C=O) groups excluding carboxylic acids is 1. The summed E-state index contributed by atoms with van der Waals surface area (Å²) < 4.78 is 5.58. The van der Waals surface area contributed by atoms with Crippen molar-refractivity contribution in [3.8, 4) is 5.75 Å². The Balaban J connectivity index is 1.79. The van der Waals surface area contributed by atoms with E-state index in [1.165, 1.54) is 5.56 Å². The first-order valence-electron chi connectivity index (χ1n) is 7.46. The molecular formula is C16H24N2O2. The van der Waals surface area contributed by atoms with Crippen molar-refractivity contribution in [2.75, 3.05) is 19.7 Å². The van der Waals surface area contributed by atoms with Crippen LogP contribution in [0.2, 0.25) is 0 Å². The largest absolute Gasteiger partial charge is 0.484 e. The monoisotopic (exact) mass is 276 g/mol. The maximum atomic E-state index is 12.0. The van der Waals surface area contributed by atoms with Gasteiger partial charge in [-0.3, -0.25) is 4.79 Å². The number of rotatable bonds is 8. The van der Waals surface area contributed by atoms with Gasteiger partial charge in [0, 0.05) is 19.1 Å². The zero-order chi connectivity index (χ0) is 14.4. The number of hydrogen-bond donors (Lipinski definition) is 1. The highest BCUT2D eigenvalue weighted by atomic mass is 16.5. The summed E-state index contributed by atoms with van der Waals surface area (Å²) in [6.07, 6.45) is 2.28. The summed E-state index contributed by atoms with van der Waals surface area (Å²) in [5.41, 5.74) is 1.22. The van der Waals surface area contributed by atoms with Crippen LogP contribution in [-0.4, -0.2) is 36.5 Å². The topological polar surface area (TPSA) is 41.6 Å². The minimum atomic E-state index is 0.0896. The van der Waals surface area contributed by atoms with E-state index in [9.17, 15) is 4.79 Å². The molecule has 0 spiro atoms. The lowest BCUT2D eigenvalue weighted by atomic mass is 10.2. The Morgan fingerprint density at radius 3 is 2.55 bits per heavy atom. The second-order valence-electron chi connectivity index (χ2n) is 5.12. The van der Waals surface area contributed by atoms with Crippen LogP contribution in [0.25, 0.3) is 0 Å². The van der Waals surface area contributed by atoms with E-state index in [-0.39, 0.29) is 12.5 Å². The van der Waals surface area contributed by atoms with Gasteiger partial charge in [-0.1, -0.05) is 19.1 Å². The molecule has 0 bridgehead atoms. The van der Waals surface area contributed by atoms with Crippen LogP contribution in [0.1, 0.15) is 32.3 Å². The van der Waals surface area contributed by atoms with Gasteiger partial charge in [-0.2, -0.15) is 0 Å². The third kappa shape index (κ3) is 4.23. The molecule has 0 atom stereocenters. The Labute approximate surface area is 121 Å². The lowest BCUT2D eigenvalue weighted by molar-refractivity contribution is -0.133. The van der Waals surface area contributed by atoms with Gasteiger partial charge in [0.15, 0.2) is 6.61 Å². The number of amides is 1. The van der Waals surface area contributed by atoms with E-state index in [1.54, 1.807) is 0 Å². The average molecular weight is 276 g/mol. The molecule has 0 heterocycles. The molecule has 1 fully saturated rings. The van der Waals surface area contributed by atoms with Gasteiger partial charge >= 0.3 is 0 Å². The molecule has 1 amide bonds. The van der Waals surface area contributed by atoms with Crippen molar-refractivity contribution in [3.63, 3.8) is 0 Å². The van der Waals surface area contributed by atoms with Crippen LogP contribution >= 0.6 is 0 Å². The molecule has 0 aliphatic heterocycles. The highest BCUT2D eigenvalue weighted by Crippen LogP contribution is 2.26. The number of benzene rings is 1. The van der Waals surface area contributed by atoms with Gasteiger partial charge in [-0.05, 0) is 44.0 Å². The van der Waals surface area contributed by atoms with Crippen molar-refractivity contribution >= 4 is 5.91 Å². The first-order valence-corrected chi connectivity index (χ1v) is 7.46. The van der Waals surface area contributed by atoms with E-state index < -0.39 is 0 Å². The van der Waals surface area contributed by atoms with E-state index >= 15 is 0 Å². The van der Waals surface area contributed by atoms with E-state index in [4.69, 9.17) is 4.74 Å². The number of nitrogens with one attached hydrogen (secondary N) is 1. The van der Waals surface area contributed by atoms with Crippen molar-refractivity contribution < 1.29 is 9.53 Å². The zero-order valence-corrected chi connectivity index (χ0v) is 12.4. The highest BCUT2D eigenvalue weighted by molar-refractivity contribution is 5.78. The molecule has 4 heteroatoms. The molecular weight excluding hydrogens is 252 g/mol. The van der Waals surface area contributed by atoms with Crippen LogP contribution < -0.4 is 10.1 Å². The summed E-state index contributed by atoms with van der Waals surface area (Å²) in [4.78, 5) is 13.9. The van der Waals surface area contributed by atoms with Crippen LogP contribution in [0.4, 0.5) is 0 Å². The Kier molecular flexibility index (Phi) is 5.41. The molecule has 1 aliphatic carbocycles. The first-order chi connectivity index (χ1) is 9.74. The number of nitrogens with zero attached hydrogens (tertiary/aromatic N) is 1. The third-order valence-corrected chi connectivity index (χ3v) is 3.51. The smallest absolute Gasteiger partial charge is 0.260 e. The predicted octanol–water partition coefficient (Wildman–Crippen LogP) is 2.19. The van der Waals surface area contributed by atoms with Gasteiger partial charge in [-0.25, -0.2) is 0 Å². The molecule has 1 N–H and O–H groups in total. The van der Waals surface area contributed by atoms with Gasteiger partial charge in [0.05, 0.1) is 0 Å².